The number of hydrogen-bond donors (Lipinski definition) is 0. The molecule has 0 saturated carbocycles. The van der Waals surface area contributed by atoms with Crippen molar-refractivity contribution in [1.29, 1.82) is 5.26 Å². The minimum absolute atomic E-state index is 0.0335. The lowest BCUT2D eigenvalue weighted by Gasteiger charge is -2.36. The van der Waals surface area contributed by atoms with E-state index in [-0.39, 0.29) is 10.6 Å². The van der Waals surface area contributed by atoms with Gasteiger partial charge in [-0.3, -0.25) is 15.0 Å². The second-order valence-electron chi connectivity index (χ2n) is 8.33. The predicted molar refractivity (Wildman–Crippen MR) is 129 cm³/mol. The number of nitro benzene ring substituents is 1. The molecular weight excluding hydrogens is 428 g/mol. The second kappa shape index (κ2) is 10.6. The number of anilines is 2. The van der Waals surface area contributed by atoms with Crippen molar-refractivity contribution >= 4 is 28.7 Å². The summed E-state index contributed by atoms with van der Waals surface area (Å²) >= 11 is 5.95. The van der Waals surface area contributed by atoms with Crippen LogP contribution in [0.3, 0.4) is 0 Å². The van der Waals surface area contributed by atoms with E-state index in [1.54, 1.807) is 12.1 Å². The molecule has 0 unspecified atom stereocenters. The van der Waals surface area contributed by atoms with Gasteiger partial charge >= 0.3 is 0 Å². The standard InChI is InChI=1S/C23H29ClN6O2/c1-26(2)8-9-27(3)21-6-4-18(16-25)19(14-21)17-28-10-12-29(13-11-28)22-7-5-20(24)15-23(22)30(31)32/h4-7,14-15H,8-13,17H2,1-3H3. The predicted octanol–water partition coefficient (Wildman–Crippen LogP) is 3.44. The summed E-state index contributed by atoms with van der Waals surface area (Å²) in [5.74, 6) is 0. The Hall–Kier alpha value is -2.86. The summed E-state index contributed by atoms with van der Waals surface area (Å²) in [6.45, 7) is 5.38. The topological polar surface area (TPSA) is 79.9 Å². The van der Waals surface area contributed by atoms with Crippen LogP contribution in [0.25, 0.3) is 0 Å². The zero-order valence-corrected chi connectivity index (χ0v) is 19.5. The molecule has 170 valence electrons. The van der Waals surface area contributed by atoms with Crippen LogP contribution in [-0.4, -0.2) is 75.1 Å². The molecular formula is C23H29ClN6O2. The Morgan fingerprint density at radius 1 is 1.09 bits per heavy atom. The normalized spacial score (nSPS) is 14.4. The molecule has 2 aromatic rings. The molecule has 1 saturated heterocycles. The molecule has 0 spiro atoms. The number of piperazine rings is 1. The molecule has 0 aromatic heterocycles. The first-order valence-corrected chi connectivity index (χ1v) is 11.0. The number of halogens is 1. The Morgan fingerprint density at radius 2 is 1.81 bits per heavy atom. The van der Waals surface area contributed by atoms with E-state index in [1.807, 2.05) is 17.0 Å². The van der Waals surface area contributed by atoms with Crippen LogP contribution < -0.4 is 9.80 Å². The van der Waals surface area contributed by atoms with Gasteiger partial charge in [0.25, 0.3) is 5.69 Å². The minimum atomic E-state index is -0.384. The molecule has 1 aliphatic heterocycles. The van der Waals surface area contributed by atoms with Gasteiger partial charge in [-0.05, 0) is 50.0 Å². The summed E-state index contributed by atoms with van der Waals surface area (Å²) < 4.78 is 0. The largest absolute Gasteiger partial charge is 0.373 e. The maximum atomic E-state index is 11.4. The van der Waals surface area contributed by atoms with Crippen molar-refractivity contribution in [2.45, 2.75) is 6.54 Å². The minimum Gasteiger partial charge on any atom is -0.373 e. The summed E-state index contributed by atoms with van der Waals surface area (Å²) in [5, 5.41) is 21.4. The molecule has 0 bridgehead atoms. The Bertz CT molecular complexity index is 998. The lowest BCUT2D eigenvalue weighted by Crippen LogP contribution is -2.46. The van der Waals surface area contributed by atoms with E-state index in [4.69, 9.17) is 11.6 Å². The third-order valence-corrected chi connectivity index (χ3v) is 6.01. The maximum Gasteiger partial charge on any atom is 0.294 e. The van der Waals surface area contributed by atoms with E-state index in [0.29, 0.717) is 35.9 Å². The van der Waals surface area contributed by atoms with Crippen molar-refractivity contribution in [2.24, 2.45) is 0 Å². The van der Waals surface area contributed by atoms with E-state index in [0.717, 1.165) is 37.4 Å². The fourth-order valence-corrected chi connectivity index (χ4v) is 4.00. The number of nitro groups is 1. The number of rotatable bonds is 8. The number of hydrogen-bond acceptors (Lipinski definition) is 7. The molecule has 0 radical (unpaired) electrons. The number of benzene rings is 2. The van der Waals surface area contributed by atoms with Gasteiger partial charge in [0.1, 0.15) is 5.69 Å². The fourth-order valence-electron chi connectivity index (χ4n) is 3.83. The van der Waals surface area contributed by atoms with Crippen LogP contribution in [0, 0.1) is 21.4 Å². The Morgan fingerprint density at radius 3 is 2.44 bits per heavy atom. The van der Waals surface area contributed by atoms with Gasteiger partial charge in [-0.1, -0.05) is 11.6 Å². The fraction of sp³-hybridized carbons (Fsp3) is 0.435. The average Bonchev–Trinajstić information content (AvgIpc) is 2.78. The summed E-state index contributed by atoms with van der Waals surface area (Å²) in [5.41, 5.74) is 3.42. The van der Waals surface area contributed by atoms with Gasteiger partial charge in [-0.2, -0.15) is 5.26 Å². The second-order valence-corrected chi connectivity index (χ2v) is 8.77. The molecule has 1 aliphatic rings. The van der Waals surface area contributed by atoms with Crippen LogP contribution in [0.1, 0.15) is 11.1 Å². The number of likely N-dealkylation sites (N-methyl/N-ethyl adjacent to an activating group) is 2. The van der Waals surface area contributed by atoms with E-state index in [9.17, 15) is 15.4 Å². The Labute approximate surface area is 194 Å². The van der Waals surface area contributed by atoms with Gasteiger partial charge in [0.05, 0.1) is 16.6 Å². The molecule has 3 rings (SSSR count). The maximum absolute atomic E-state index is 11.4. The van der Waals surface area contributed by atoms with Crippen LogP contribution >= 0.6 is 11.6 Å². The van der Waals surface area contributed by atoms with Crippen molar-refractivity contribution in [2.75, 3.05) is 70.2 Å². The van der Waals surface area contributed by atoms with E-state index in [2.05, 4.69) is 48.0 Å². The molecule has 9 heteroatoms. The lowest BCUT2D eigenvalue weighted by atomic mass is 10.1. The number of nitriles is 1. The van der Waals surface area contributed by atoms with Gasteiger partial charge in [-0.15, -0.1) is 0 Å². The van der Waals surface area contributed by atoms with Crippen LogP contribution in [0.2, 0.25) is 5.02 Å². The molecule has 0 atom stereocenters. The quantitative estimate of drug-likeness (QED) is 0.444. The Balaban J connectivity index is 1.68. The van der Waals surface area contributed by atoms with Gasteiger partial charge in [0.15, 0.2) is 0 Å². The smallest absolute Gasteiger partial charge is 0.294 e. The van der Waals surface area contributed by atoms with Crippen LogP contribution in [0.4, 0.5) is 17.1 Å². The summed E-state index contributed by atoms with van der Waals surface area (Å²) in [6, 6.07) is 13.1. The molecule has 1 heterocycles. The molecule has 0 aliphatic carbocycles. The SMILES string of the molecule is CN(C)CCN(C)c1ccc(C#N)c(CN2CCN(c3ccc(Cl)cc3[N+](=O)[O-])CC2)c1. The molecule has 2 aromatic carbocycles. The highest BCUT2D eigenvalue weighted by Crippen LogP contribution is 2.32. The van der Waals surface area contributed by atoms with Crippen LogP contribution in [-0.2, 0) is 6.54 Å². The first-order chi connectivity index (χ1) is 15.3. The van der Waals surface area contributed by atoms with Gasteiger partial charge < -0.3 is 14.7 Å². The van der Waals surface area contributed by atoms with Gasteiger partial charge in [0, 0.05) is 69.6 Å². The average molecular weight is 457 g/mol. The summed E-state index contributed by atoms with van der Waals surface area (Å²) in [7, 11) is 6.17. The zero-order valence-electron chi connectivity index (χ0n) is 18.8. The van der Waals surface area contributed by atoms with E-state index >= 15 is 0 Å². The van der Waals surface area contributed by atoms with Crippen LogP contribution in [0.15, 0.2) is 36.4 Å². The Kier molecular flexibility index (Phi) is 7.91. The van der Waals surface area contributed by atoms with Gasteiger partial charge in [-0.25, -0.2) is 0 Å². The monoisotopic (exact) mass is 456 g/mol. The molecule has 0 N–H and O–H groups in total. The highest BCUT2D eigenvalue weighted by Gasteiger charge is 2.24. The molecule has 32 heavy (non-hydrogen) atoms. The van der Waals surface area contributed by atoms with Crippen molar-refractivity contribution in [3.8, 4) is 6.07 Å². The van der Waals surface area contributed by atoms with Crippen LogP contribution in [0.5, 0.6) is 0 Å². The van der Waals surface area contributed by atoms with Crippen molar-refractivity contribution < 1.29 is 4.92 Å². The zero-order chi connectivity index (χ0) is 23.3. The highest BCUT2D eigenvalue weighted by atomic mass is 35.5. The van der Waals surface area contributed by atoms with Crippen molar-refractivity contribution in [3.63, 3.8) is 0 Å². The third kappa shape index (κ3) is 5.88. The first kappa shape index (κ1) is 23.8. The van der Waals surface area contributed by atoms with Crippen molar-refractivity contribution in [1.82, 2.24) is 9.80 Å². The van der Waals surface area contributed by atoms with Gasteiger partial charge in [0.2, 0.25) is 0 Å². The first-order valence-electron chi connectivity index (χ1n) is 10.6. The molecule has 1 fully saturated rings. The lowest BCUT2D eigenvalue weighted by molar-refractivity contribution is -0.384. The summed E-state index contributed by atoms with van der Waals surface area (Å²) in [6.07, 6.45) is 0. The van der Waals surface area contributed by atoms with E-state index < -0.39 is 0 Å². The third-order valence-electron chi connectivity index (χ3n) is 5.77. The van der Waals surface area contributed by atoms with E-state index in [1.165, 1.54) is 6.07 Å². The van der Waals surface area contributed by atoms with Crippen molar-refractivity contribution in [3.05, 3.63) is 62.7 Å². The highest BCUT2D eigenvalue weighted by molar-refractivity contribution is 6.30. The molecule has 8 nitrogen and oxygen atoms in total. The molecule has 0 amide bonds. The number of nitrogens with zero attached hydrogens (tertiary/aromatic N) is 6. The summed E-state index contributed by atoms with van der Waals surface area (Å²) in [4.78, 5) is 19.7.